The second kappa shape index (κ2) is 6.19. The molecule has 0 atom stereocenters. The van der Waals surface area contributed by atoms with Crippen LogP contribution in [0.15, 0.2) is 64.5 Å². The fourth-order valence-electron chi connectivity index (χ4n) is 3.29. The van der Waals surface area contributed by atoms with Gasteiger partial charge >= 0.3 is 0 Å². The first kappa shape index (κ1) is 13.9. The van der Waals surface area contributed by atoms with Crippen molar-refractivity contribution in [2.24, 2.45) is 0 Å². The summed E-state index contributed by atoms with van der Waals surface area (Å²) in [7, 11) is 0. The van der Waals surface area contributed by atoms with E-state index < -0.39 is 0 Å². The monoisotopic (exact) mass is 308 g/mol. The maximum absolute atomic E-state index is 3.46. The molecule has 1 saturated heterocycles. The lowest BCUT2D eigenvalue weighted by molar-refractivity contribution is 0.456. The normalized spacial score (nSPS) is 16.2. The Morgan fingerprint density at radius 3 is 2.55 bits per heavy atom. The third-order valence-electron chi connectivity index (χ3n) is 4.47. The first-order chi connectivity index (χ1) is 10.9. The highest BCUT2D eigenvalue weighted by Crippen LogP contribution is 2.39. The molecule has 4 rings (SSSR count). The molecule has 22 heavy (non-hydrogen) atoms. The van der Waals surface area contributed by atoms with E-state index in [1.807, 2.05) is 11.8 Å². The third kappa shape index (κ3) is 2.67. The van der Waals surface area contributed by atoms with Gasteiger partial charge in [-0.05, 0) is 49.5 Å². The molecule has 3 heteroatoms. The van der Waals surface area contributed by atoms with Crippen molar-refractivity contribution < 1.29 is 0 Å². The lowest BCUT2D eigenvalue weighted by Gasteiger charge is -2.24. The molecule has 0 bridgehead atoms. The van der Waals surface area contributed by atoms with Gasteiger partial charge in [0.25, 0.3) is 0 Å². The first-order valence-electron chi connectivity index (χ1n) is 7.95. The lowest BCUT2D eigenvalue weighted by atomic mass is 9.90. The molecule has 0 radical (unpaired) electrons. The minimum absolute atomic E-state index is 0.690. The maximum atomic E-state index is 3.46. The Hall–Kier alpha value is -1.71. The Kier molecular flexibility index (Phi) is 3.92. The van der Waals surface area contributed by atoms with Gasteiger partial charge in [0.2, 0.25) is 0 Å². The average molecular weight is 308 g/mol. The van der Waals surface area contributed by atoms with Crippen LogP contribution in [0.25, 0.3) is 10.9 Å². The molecule has 2 N–H and O–H groups in total. The van der Waals surface area contributed by atoms with Crippen LogP contribution >= 0.6 is 11.8 Å². The van der Waals surface area contributed by atoms with Crippen molar-refractivity contribution >= 4 is 22.7 Å². The standard InChI is InChI=1S/C19H20N2S/c1-3-7-17-16(6-1)19(13-21-17)22-18-8-4-2-5-15(18)14-9-11-20-12-10-14/h1-8,13-14,20-21H,9-12H2. The van der Waals surface area contributed by atoms with Crippen LogP contribution in [0.2, 0.25) is 0 Å². The zero-order valence-electron chi connectivity index (χ0n) is 12.5. The number of piperidine rings is 1. The Balaban J connectivity index is 1.68. The third-order valence-corrected chi connectivity index (χ3v) is 5.62. The number of hydrogen-bond donors (Lipinski definition) is 2. The molecular formula is C19H20N2S. The predicted octanol–water partition coefficient (Wildman–Crippen LogP) is 4.79. The summed E-state index contributed by atoms with van der Waals surface area (Å²) in [5.74, 6) is 0.690. The molecule has 1 fully saturated rings. The van der Waals surface area contributed by atoms with Gasteiger partial charge < -0.3 is 10.3 Å². The summed E-state index contributed by atoms with van der Waals surface area (Å²) < 4.78 is 0. The smallest absolute Gasteiger partial charge is 0.0465 e. The van der Waals surface area contributed by atoms with E-state index in [4.69, 9.17) is 0 Å². The van der Waals surface area contributed by atoms with Crippen LogP contribution in [0.5, 0.6) is 0 Å². The Morgan fingerprint density at radius 2 is 1.64 bits per heavy atom. The second-order valence-electron chi connectivity index (χ2n) is 5.86. The minimum atomic E-state index is 0.690. The van der Waals surface area contributed by atoms with Crippen molar-refractivity contribution in [2.45, 2.75) is 28.6 Å². The number of nitrogens with one attached hydrogen (secondary N) is 2. The highest BCUT2D eigenvalue weighted by Gasteiger charge is 2.18. The number of aromatic amines is 1. The molecule has 0 saturated carbocycles. The lowest BCUT2D eigenvalue weighted by Crippen LogP contribution is -2.26. The first-order valence-corrected chi connectivity index (χ1v) is 8.77. The van der Waals surface area contributed by atoms with Crippen LogP contribution < -0.4 is 5.32 Å². The number of hydrogen-bond acceptors (Lipinski definition) is 2. The van der Waals surface area contributed by atoms with E-state index in [1.54, 1.807) is 0 Å². The van der Waals surface area contributed by atoms with E-state index in [0.717, 1.165) is 13.1 Å². The van der Waals surface area contributed by atoms with E-state index in [-0.39, 0.29) is 0 Å². The summed E-state index contributed by atoms with van der Waals surface area (Å²) in [6.45, 7) is 2.27. The van der Waals surface area contributed by atoms with Gasteiger partial charge in [-0.2, -0.15) is 0 Å². The second-order valence-corrected chi connectivity index (χ2v) is 6.95. The van der Waals surface area contributed by atoms with Gasteiger partial charge in [-0.1, -0.05) is 48.2 Å². The van der Waals surface area contributed by atoms with Gasteiger partial charge in [0.15, 0.2) is 0 Å². The summed E-state index contributed by atoms with van der Waals surface area (Å²) in [5, 5.41) is 4.77. The predicted molar refractivity (Wildman–Crippen MR) is 93.7 cm³/mol. The molecule has 112 valence electrons. The Bertz CT molecular complexity index is 772. The van der Waals surface area contributed by atoms with Crippen LogP contribution in [0.1, 0.15) is 24.3 Å². The summed E-state index contributed by atoms with van der Waals surface area (Å²) in [6, 6.07) is 17.4. The van der Waals surface area contributed by atoms with Crippen molar-refractivity contribution in [2.75, 3.05) is 13.1 Å². The number of H-pyrrole nitrogens is 1. The Morgan fingerprint density at radius 1 is 0.864 bits per heavy atom. The Labute approximate surface area is 135 Å². The molecule has 1 aliphatic rings. The summed E-state index contributed by atoms with van der Waals surface area (Å²) in [6.07, 6.45) is 4.62. The topological polar surface area (TPSA) is 27.8 Å². The van der Waals surface area contributed by atoms with E-state index >= 15 is 0 Å². The van der Waals surface area contributed by atoms with Crippen molar-refractivity contribution in [3.8, 4) is 0 Å². The molecule has 0 spiro atoms. The molecule has 0 unspecified atom stereocenters. The zero-order valence-corrected chi connectivity index (χ0v) is 13.3. The number of benzene rings is 2. The fraction of sp³-hybridized carbons (Fsp3) is 0.263. The van der Waals surface area contributed by atoms with E-state index in [9.17, 15) is 0 Å². The number of para-hydroxylation sites is 1. The van der Waals surface area contributed by atoms with Gasteiger partial charge in [-0.3, -0.25) is 0 Å². The van der Waals surface area contributed by atoms with E-state index in [1.165, 1.54) is 39.1 Å². The van der Waals surface area contributed by atoms with Crippen molar-refractivity contribution in [1.82, 2.24) is 10.3 Å². The molecule has 3 aromatic rings. The van der Waals surface area contributed by atoms with Gasteiger partial charge in [0, 0.05) is 26.9 Å². The van der Waals surface area contributed by atoms with Gasteiger partial charge in [0.1, 0.15) is 0 Å². The zero-order chi connectivity index (χ0) is 14.8. The van der Waals surface area contributed by atoms with Crippen molar-refractivity contribution in [3.05, 3.63) is 60.3 Å². The molecule has 0 amide bonds. The molecule has 1 aliphatic heterocycles. The average Bonchev–Trinajstić information content (AvgIpc) is 2.99. The van der Waals surface area contributed by atoms with E-state index in [0.29, 0.717) is 5.92 Å². The number of fused-ring (bicyclic) bond motifs is 1. The van der Waals surface area contributed by atoms with Crippen LogP contribution in [-0.4, -0.2) is 18.1 Å². The summed E-state index contributed by atoms with van der Waals surface area (Å²) in [4.78, 5) is 6.10. The SMILES string of the molecule is c1ccc(C2CCNCC2)c(Sc2c[nH]c3ccccc23)c1. The maximum Gasteiger partial charge on any atom is 0.0465 e. The van der Waals surface area contributed by atoms with Crippen LogP contribution in [-0.2, 0) is 0 Å². The fourth-order valence-corrected chi connectivity index (χ4v) is 4.43. The largest absolute Gasteiger partial charge is 0.360 e. The van der Waals surface area contributed by atoms with Crippen LogP contribution in [0, 0.1) is 0 Å². The minimum Gasteiger partial charge on any atom is -0.360 e. The molecule has 2 nitrogen and oxygen atoms in total. The highest BCUT2D eigenvalue weighted by molar-refractivity contribution is 7.99. The van der Waals surface area contributed by atoms with E-state index in [2.05, 4.69) is 65.0 Å². The molecule has 0 aliphatic carbocycles. The number of rotatable bonds is 3. The summed E-state index contributed by atoms with van der Waals surface area (Å²) in [5.41, 5.74) is 2.73. The summed E-state index contributed by atoms with van der Waals surface area (Å²) >= 11 is 1.89. The van der Waals surface area contributed by atoms with Crippen molar-refractivity contribution in [1.29, 1.82) is 0 Å². The van der Waals surface area contributed by atoms with Crippen LogP contribution in [0.4, 0.5) is 0 Å². The molecule has 2 heterocycles. The molecule has 1 aromatic heterocycles. The van der Waals surface area contributed by atoms with Gasteiger partial charge in [-0.25, -0.2) is 0 Å². The van der Waals surface area contributed by atoms with Gasteiger partial charge in [-0.15, -0.1) is 0 Å². The van der Waals surface area contributed by atoms with Crippen molar-refractivity contribution in [3.63, 3.8) is 0 Å². The highest BCUT2D eigenvalue weighted by atomic mass is 32.2. The molecule has 2 aromatic carbocycles. The van der Waals surface area contributed by atoms with Crippen LogP contribution in [0.3, 0.4) is 0 Å². The molecular weight excluding hydrogens is 288 g/mol. The van der Waals surface area contributed by atoms with Gasteiger partial charge in [0.05, 0.1) is 0 Å². The number of aromatic nitrogens is 1. The quantitative estimate of drug-likeness (QED) is 0.728.